The van der Waals surface area contributed by atoms with Gasteiger partial charge in [0.1, 0.15) is 5.92 Å². The summed E-state index contributed by atoms with van der Waals surface area (Å²) in [6, 6.07) is 6.44. The van der Waals surface area contributed by atoms with E-state index in [9.17, 15) is 9.59 Å². The van der Waals surface area contributed by atoms with Gasteiger partial charge in [-0.3, -0.25) is 9.59 Å². The van der Waals surface area contributed by atoms with E-state index in [2.05, 4.69) is 21.2 Å². The Balaban J connectivity index is 2.05. The van der Waals surface area contributed by atoms with Crippen LogP contribution in [0.25, 0.3) is 0 Å². The van der Waals surface area contributed by atoms with Gasteiger partial charge in [0.25, 0.3) is 5.91 Å². The summed E-state index contributed by atoms with van der Waals surface area (Å²) in [6.07, 6.45) is 0. The summed E-state index contributed by atoms with van der Waals surface area (Å²) in [6.45, 7) is 0.371. The van der Waals surface area contributed by atoms with Crippen LogP contribution >= 0.6 is 15.9 Å². The first-order chi connectivity index (χ1) is 8.58. The second-order valence-corrected chi connectivity index (χ2v) is 4.99. The zero-order valence-electron chi connectivity index (χ0n) is 9.43. The normalized spacial score (nSPS) is 22.7. The highest BCUT2D eigenvalue weighted by atomic mass is 79.9. The fourth-order valence-electron chi connectivity index (χ4n) is 1.82. The minimum absolute atomic E-state index is 0.138. The summed E-state index contributed by atoms with van der Waals surface area (Å²) in [5.74, 6) is -1.92. The number of carbonyl (C=O) groups excluding carboxylic acids is 1. The molecule has 0 bridgehead atoms. The summed E-state index contributed by atoms with van der Waals surface area (Å²) in [4.78, 5) is 22.9. The first-order valence-electron chi connectivity index (χ1n) is 5.45. The van der Waals surface area contributed by atoms with Crippen molar-refractivity contribution < 1.29 is 19.4 Å². The van der Waals surface area contributed by atoms with Crippen LogP contribution in [0.4, 0.5) is 0 Å². The average molecular weight is 314 g/mol. The summed E-state index contributed by atoms with van der Waals surface area (Å²) in [7, 11) is 0. The molecule has 1 aliphatic heterocycles. The Kier molecular flexibility index (Phi) is 3.98. The zero-order valence-corrected chi connectivity index (χ0v) is 11.0. The van der Waals surface area contributed by atoms with Gasteiger partial charge < -0.3 is 15.2 Å². The van der Waals surface area contributed by atoms with Gasteiger partial charge in [-0.1, -0.05) is 22.0 Å². The number of benzene rings is 1. The third-order valence-electron chi connectivity index (χ3n) is 2.80. The number of carboxylic acid groups (broad SMARTS) is 1. The van der Waals surface area contributed by atoms with Gasteiger partial charge in [0, 0.05) is 10.0 Å². The molecule has 18 heavy (non-hydrogen) atoms. The molecule has 2 atom stereocenters. The first kappa shape index (κ1) is 13.0. The second-order valence-electron chi connectivity index (χ2n) is 4.07. The number of halogens is 1. The van der Waals surface area contributed by atoms with Crippen LogP contribution in [0.15, 0.2) is 28.7 Å². The number of hydrogen-bond acceptors (Lipinski definition) is 3. The lowest BCUT2D eigenvalue weighted by atomic mass is 10.0. The molecule has 1 saturated heterocycles. The van der Waals surface area contributed by atoms with Gasteiger partial charge in [0.2, 0.25) is 0 Å². The van der Waals surface area contributed by atoms with Crippen molar-refractivity contribution in [3.05, 3.63) is 34.3 Å². The molecule has 0 spiro atoms. The number of carboxylic acids is 1. The third-order valence-corrected chi connectivity index (χ3v) is 3.29. The maximum atomic E-state index is 11.9. The Labute approximate surface area is 112 Å². The van der Waals surface area contributed by atoms with Gasteiger partial charge >= 0.3 is 5.97 Å². The van der Waals surface area contributed by atoms with Crippen molar-refractivity contribution in [2.45, 2.75) is 6.04 Å². The van der Waals surface area contributed by atoms with Crippen LogP contribution in [0.1, 0.15) is 10.4 Å². The molecular weight excluding hydrogens is 302 g/mol. The molecule has 96 valence electrons. The largest absolute Gasteiger partial charge is 0.481 e. The summed E-state index contributed by atoms with van der Waals surface area (Å²) >= 11 is 3.28. The Morgan fingerprint density at radius 3 is 2.83 bits per heavy atom. The van der Waals surface area contributed by atoms with E-state index in [-0.39, 0.29) is 19.1 Å². The number of nitrogens with one attached hydrogen (secondary N) is 1. The van der Waals surface area contributed by atoms with E-state index in [0.717, 1.165) is 4.47 Å². The Hall–Kier alpha value is -1.40. The van der Waals surface area contributed by atoms with Crippen molar-refractivity contribution in [1.29, 1.82) is 0 Å². The quantitative estimate of drug-likeness (QED) is 0.881. The van der Waals surface area contributed by atoms with E-state index in [1.165, 1.54) is 0 Å². The number of hydrogen-bond donors (Lipinski definition) is 2. The fourth-order valence-corrected chi connectivity index (χ4v) is 2.22. The van der Waals surface area contributed by atoms with Crippen LogP contribution in [-0.4, -0.2) is 36.2 Å². The Morgan fingerprint density at radius 2 is 2.17 bits per heavy atom. The molecule has 2 rings (SSSR count). The zero-order chi connectivity index (χ0) is 13.1. The molecule has 1 aromatic rings. The van der Waals surface area contributed by atoms with E-state index < -0.39 is 17.9 Å². The van der Waals surface area contributed by atoms with E-state index >= 15 is 0 Å². The predicted molar refractivity (Wildman–Crippen MR) is 67.3 cm³/mol. The van der Waals surface area contributed by atoms with Crippen molar-refractivity contribution in [1.82, 2.24) is 5.32 Å². The monoisotopic (exact) mass is 313 g/mol. The molecule has 2 N–H and O–H groups in total. The van der Waals surface area contributed by atoms with E-state index in [4.69, 9.17) is 9.84 Å². The molecular formula is C12H12BrNO4. The van der Waals surface area contributed by atoms with E-state index in [1.807, 2.05) is 6.07 Å². The number of ether oxygens (including phenoxy) is 1. The van der Waals surface area contributed by atoms with E-state index in [0.29, 0.717) is 5.56 Å². The van der Waals surface area contributed by atoms with Gasteiger partial charge in [0.05, 0.1) is 19.3 Å². The Morgan fingerprint density at radius 1 is 1.39 bits per heavy atom. The van der Waals surface area contributed by atoms with Crippen molar-refractivity contribution in [3.63, 3.8) is 0 Å². The van der Waals surface area contributed by atoms with E-state index in [1.54, 1.807) is 18.2 Å². The minimum Gasteiger partial charge on any atom is -0.481 e. The van der Waals surface area contributed by atoms with Gasteiger partial charge in [-0.2, -0.15) is 0 Å². The highest BCUT2D eigenvalue weighted by molar-refractivity contribution is 9.10. The number of carbonyl (C=O) groups is 2. The number of amides is 1. The molecule has 0 saturated carbocycles. The minimum atomic E-state index is -0.952. The van der Waals surface area contributed by atoms with Crippen molar-refractivity contribution in [3.8, 4) is 0 Å². The van der Waals surface area contributed by atoms with Crippen LogP contribution in [0, 0.1) is 5.92 Å². The smallest absolute Gasteiger partial charge is 0.311 e. The maximum absolute atomic E-state index is 11.9. The second kappa shape index (κ2) is 5.49. The highest BCUT2D eigenvalue weighted by Crippen LogP contribution is 2.16. The van der Waals surface area contributed by atoms with Crippen LogP contribution in [0.5, 0.6) is 0 Å². The molecule has 1 aliphatic rings. The van der Waals surface area contributed by atoms with Gasteiger partial charge in [-0.15, -0.1) is 0 Å². The highest BCUT2D eigenvalue weighted by Gasteiger charge is 2.35. The SMILES string of the molecule is O=C(NC1COCC1C(=O)O)c1cccc(Br)c1. The molecule has 2 unspecified atom stereocenters. The van der Waals surface area contributed by atoms with Gasteiger partial charge in [0.15, 0.2) is 0 Å². The topological polar surface area (TPSA) is 75.6 Å². The molecule has 1 fully saturated rings. The lowest BCUT2D eigenvalue weighted by molar-refractivity contribution is -0.142. The summed E-state index contributed by atoms with van der Waals surface area (Å²) in [5, 5.41) is 11.7. The number of rotatable bonds is 3. The summed E-state index contributed by atoms with van der Waals surface area (Å²) in [5.41, 5.74) is 0.486. The molecule has 1 heterocycles. The standard InChI is InChI=1S/C12H12BrNO4/c13-8-3-1-2-7(4-8)11(15)14-10-6-18-5-9(10)12(16)17/h1-4,9-10H,5-6H2,(H,14,15)(H,16,17). The molecule has 6 heteroatoms. The summed E-state index contributed by atoms with van der Waals surface area (Å²) < 4.78 is 5.89. The average Bonchev–Trinajstić information content (AvgIpc) is 2.77. The van der Waals surface area contributed by atoms with Crippen molar-refractivity contribution in [2.24, 2.45) is 5.92 Å². The van der Waals surface area contributed by atoms with Crippen LogP contribution in [0.2, 0.25) is 0 Å². The van der Waals surface area contributed by atoms with Crippen LogP contribution in [0.3, 0.4) is 0 Å². The molecule has 0 aromatic heterocycles. The molecule has 0 aliphatic carbocycles. The maximum Gasteiger partial charge on any atom is 0.311 e. The molecule has 0 radical (unpaired) electrons. The van der Waals surface area contributed by atoms with Crippen molar-refractivity contribution in [2.75, 3.05) is 13.2 Å². The van der Waals surface area contributed by atoms with Crippen molar-refractivity contribution >= 4 is 27.8 Å². The van der Waals surface area contributed by atoms with Gasteiger partial charge in [-0.05, 0) is 18.2 Å². The first-order valence-corrected chi connectivity index (χ1v) is 6.24. The Bertz CT molecular complexity index is 477. The predicted octanol–water partition coefficient (Wildman–Crippen LogP) is 1.28. The fraction of sp³-hybridized carbons (Fsp3) is 0.333. The van der Waals surface area contributed by atoms with Crippen LogP contribution in [-0.2, 0) is 9.53 Å². The van der Waals surface area contributed by atoms with Crippen LogP contribution < -0.4 is 5.32 Å². The molecule has 1 aromatic carbocycles. The lowest BCUT2D eigenvalue weighted by Crippen LogP contribution is -2.42. The lowest BCUT2D eigenvalue weighted by Gasteiger charge is -2.15. The number of aliphatic carboxylic acids is 1. The molecule has 1 amide bonds. The molecule has 5 nitrogen and oxygen atoms in total. The third kappa shape index (κ3) is 2.88. The van der Waals surface area contributed by atoms with Gasteiger partial charge in [-0.25, -0.2) is 0 Å².